The Hall–Kier alpha value is 0.128. The predicted octanol–water partition coefficient (Wildman–Crippen LogP) is 4.56. The van der Waals surface area contributed by atoms with Gasteiger partial charge in [-0.3, -0.25) is 0 Å². The lowest BCUT2D eigenvalue weighted by Gasteiger charge is -2.30. The van der Waals surface area contributed by atoms with Crippen LogP contribution in [0.5, 0.6) is 0 Å². The third-order valence-electron chi connectivity index (χ3n) is 3.28. The van der Waals surface area contributed by atoms with Crippen LogP contribution in [-0.4, -0.2) is 32.8 Å². The molecule has 0 aromatic heterocycles. The van der Waals surface area contributed by atoms with Crippen LogP contribution >= 0.6 is 0 Å². The van der Waals surface area contributed by atoms with Gasteiger partial charge in [0.05, 0.1) is 8.07 Å². The first-order chi connectivity index (χ1) is 8.17. The van der Waals surface area contributed by atoms with Gasteiger partial charge in [0.25, 0.3) is 0 Å². The molecule has 0 aromatic rings. The number of allylic oxidation sites excluding steroid dienone is 1. The van der Waals surface area contributed by atoms with Gasteiger partial charge >= 0.3 is 0 Å². The highest BCUT2D eigenvalue weighted by molar-refractivity contribution is 7.10. The molecular weight excluding hydrogens is 296 g/mol. The minimum Gasteiger partial charge on any atom is -0.449 e. The van der Waals surface area contributed by atoms with Crippen molar-refractivity contribution in [2.75, 3.05) is 0 Å². The molecule has 0 atom stereocenters. The van der Waals surface area contributed by atoms with Crippen LogP contribution in [0.1, 0.15) is 0 Å². The second kappa shape index (κ2) is 4.85. The lowest BCUT2D eigenvalue weighted by atomic mass is 10.6. The Morgan fingerprint density at radius 2 is 1.32 bits per heavy atom. The minimum absolute atomic E-state index is 1.32. The SMILES string of the molecule is C[Si](C)(C)C#CC1=C([Si](C)(C)C)[Si](C)(C)O[Si]1(C)C. The van der Waals surface area contributed by atoms with Crippen LogP contribution in [0.15, 0.2) is 10.0 Å². The maximum atomic E-state index is 6.60. The van der Waals surface area contributed by atoms with Gasteiger partial charge < -0.3 is 4.12 Å². The van der Waals surface area contributed by atoms with Crippen LogP contribution in [0, 0.1) is 11.5 Å². The summed E-state index contributed by atoms with van der Waals surface area (Å²) < 4.78 is 6.60. The fraction of sp³-hybridized carbons (Fsp3) is 0.714. The van der Waals surface area contributed by atoms with Crippen molar-refractivity contribution in [2.45, 2.75) is 65.5 Å². The van der Waals surface area contributed by atoms with Gasteiger partial charge in [0.2, 0.25) is 8.32 Å². The molecule has 0 amide bonds. The van der Waals surface area contributed by atoms with E-state index in [-0.39, 0.29) is 0 Å². The van der Waals surface area contributed by atoms with Crippen LogP contribution in [0.3, 0.4) is 0 Å². The quantitative estimate of drug-likeness (QED) is 0.507. The van der Waals surface area contributed by atoms with E-state index in [1.165, 1.54) is 5.20 Å². The average molecular weight is 327 g/mol. The summed E-state index contributed by atoms with van der Waals surface area (Å²) in [6, 6.07) is 0. The molecule has 0 unspecified atom stereocenters. The van der Waals surface area contributed by atoms with Gasteiger partial charge in [-0.2, -0.15) is 0 Å². The third kappa shape index (κ3) is 4.05. The summed E-state index contributed by atoms with van der Waals surface area (Å²) in [5.74, 6) is 3.62. The summed E-state index contributed by atoms with van der Waals surface area (Å²) in [6.07, 6.45) is 0. The lowest BCUT2D eigenvalue weighted by Crippen LogP contribution is -2.43. The van der Waals surface area contributed by atoms with E-state index in [0.29, 0.717) is 0 Å². The monoisotopic (exact) mass is 326 g/mol. The van der Waals surface area contributed by atoms with Crippen LogP contribution in [0.25, 0.3) is 0 Å². The molecule has 108 valence electrons. The summed E-state index contributed by atoms with van der Waals surface area (Å²) in [5, 5.41) is 1.46. The first-order valence-corrected chi connectivity index (χ1v) is 20.0. The zero-order valence-electron chi connectivity index (χ0n) is 14.4. The largest absolute Gasteiger partial charge is 0.449 e. The summed E-state index contributed by atoms with van der Waals surface area (Å²) in [5.41, 5.74) is 3.59. The maximum Gasteiger partial charge on any atom is 0.214 e. The van der Waals surface area contributed by atoms with Gasteiger partial charge in [0.15, 0.2) is 8.32 Å². The Morgan fingerprint density at radius 3 is 1.68 bits per heavy atom. The summed E-state index contributed by atoms with van der Waals surface area (Å²) in [4.78, 5) is 1.70. The van der Waals surface area contributed by atoms with Gasteiger partial charge in [-0.15, -0.1) is 5.54 Å². The number of hydrogen-bond acceptors (Lipinski definition) is 1. The van der Waals surface area contributed by atoms with Crippen molar-refractivity contribution < 1.29 is 4.12 Å². The normalized spacial score (nSPS) is 22.2. The fourth-order valence-electron chi connectivity index (χ4n) is 3.08. The third-order valence-corrected chi connectivity index (χ3v) is 17.6. The Kier molecular flexibility index (Phi) is 4.38. The van der Waals surface area contributed by atoms with E-state index in [4.69, 9.17) is 4.12 Å². The van der Waals surface area contributed by atoms with E-state index in [1.807, 2.05) is 0 Å². The molecule has 0 fully saturated rings. The number of rotatable bonds is 1. The molecule has 0 aromatic carbocycles. The maximum absolute atomic E-state index is 6.60. The minimum atomic E-state index is -1.75. The molecule has 19 heavy (non-hydrogen) atoms. The molecule has 0 bridgehead atoms. The van der Waals surface area contributed by atoms with Crippen LogP contribution in [0.4, 0.5) is 0 Å². The molecular formula is C14H30OSi4. The molecule has 1 nitrogen and oxygen atoms in total. The molecule has 5 heteroatoms. The summed E-state index contributed by atoms with van der Waals surface area (Å²) in [6.45, 7) is 23.7. The molecule has 0 aliphatic carbocycles. The first-order valence-electron chi connectivity index (χ1n) is 7.16. The summed E-state index contributed by atoms with van der Waals surface area (Å²) >= 11 is 0. The number of hydrogen-bond donors (Lipinski definition) is 0. The zero-order chi connectivity index (χ0) is 15.3. The van der Waals surface area contributed by atoms with Crippen molar-refractivity contribution in [3.63, 3.8) is 0 Å². The van der Waals surface area contributed by atoms with E-state index in [2.05, 4.69) is 76.9 Å². The highest BCUT2D eigenvalue weighted by atomic mass is 28.5. The smallest absolute Gasteiger partial charge is 0.214 e. The van der Waals surface area contributed by atoms with Crippen molar-refractivity contribution in [3.8, 4) is 11.5 Å². The topological polar surface area (TPSA) is 9.23 Å². The van der Waals surface area contributed by atoms with Crippen molar-refractivity contribution >= 4 is 32.8 Å². The fourth-order valence-corrected chi connectivity index (χ4v) is 23.6. The molecule has 0 spiro atoms. The zero-order valence-corrected chi connectivity index (χ0v) is 18.4. The van der Waals surface area contributed by atoms with Crippen molar-refractivity contribution in [3.05, 3.63) is 10.0 Å². The van der Waals surface area contributed by atoms with Gasteiger partial charge in [0, 0.05) is 5.20 Å². The molecule has 1 rings (SSSR count). The van der Waals surface area contributed by atoms with E-state index >= 15 is 0 Å². The highest BCUT2D eigenvalue weighted by Crippen LogP contribution is 2.41. The van der Waals surface area contributed by atoms with E-state index in [0.717, 1.165) is 0 Å². The Morgan fingerprint density at radius 1 is 0.842 bits per heavy atom. The van der Waals surface area contributed by atoms with Crippen LogP contribution in [0.2, 0.25) is 65.5 Å². The molecule has 1 heterocycles. The predicted molar refractivity (Wildman–Crippen MR) is 97.5 cm³/mol. The summed E-state index contributed by atoms with van der Waals surface area (Å²) in [7, 11) is -6.10. The second-order valence-electron chi connectivity index (χ2n) is 8.62. The average Bonchev–Trinajstić information content (AvgIpc) is 2.23. The van der Waals surface area contributed by atoms with Crippen molar-refractivity contribution in [2.24, 2.45) is 0 Å². The van der Waals surface area contributed by atoms with Gasteiger partial charge in [-0.05, 0) is 26.2 Å². The Labute approximate surface area is 124 Å². The Balaban J connectivity index is 3.50. The first kappa shape index (κ1) is 17.2. The van der Waals surface area contributed by atoms with Crippen molar-refractivity contribution in [1.82, 2.24) is 0 Å². The molecule has 1 aliphatic rings. The highest BCUT2D eigenvalue weighted by Gasteiger charge is 2.51. The van der Waals surface area contributed by atoms with E-state index in [1.54, 1.807) is 4.82 Å². The standard InChI is InChI=1S/C14H30OSi4/c1-16(2,3)12-11-13-14(17(4,5)6)19(9,10)15-18(13,7)8/h1-10H3. The van der Waals surface area contributed by atoms with Crippen molar-refractivity contribution in [1.29, 1.82) is 0 Å². The van der Waals surface area contributed by atoms with E-state index in [9.17, 15) is 0 Å². The second-order valence-corrected chi connectivity index (χ2v) is 26.7. The van der Waals surface area contributed by atoms with E-state index < -0.39 is 32.8 Å². The molecule has 0 saturated heterocycles. The van der Waals surface area contributed by atoms with Gasteiger partial charge in [-0.25, -0.2) is 0 Å². The molecule has 0 saturated carbocycles. The Bertz CT molecular complexity index is 464. The lowest BCUT2D eigenvalue weighted by molar-refractivity contribution is 0.578. The van der Waals surface area contributed by atoms with Crippen LogP contribution in [-0.2, 0) is 4.12 Å². The van der Waals surface area contributed by atoms with Gasteiger partial charge in [-0.1, -0.05) is 50.0 Å². The molecule has 0 radical (unpaired) electrons. The molecule has 0 N–H and O–H groups in total. The van der Waals surface area contributed by atoms with Gasteiger partial charge in [0.1, 0.15) is 8.07 Å². The molecule has 1 aliphatic heterocycles. The van der Waals surface area contributed by atoms with Crippen LogP contribution < -0.4 is 0 Å².